The quantitative estimate of drug-likeness (QED) is 0.560. The van der Waals surface area contributed by atoms with Crippen LogP contribution in [0.3, 0.4) is 0 Å². The third-order valence-corrected chi connectivity index (χ3v) is 5.83. The van der Waals surface area contributed by atoms with Crippen molar-refractivity contribution in [3.8, 4) is 0 Å². The van der Waals surface area contributed by atoms with Crippen LogP contribution in [0.15, 0.2) is 58.0 Å². The van der Waals surface area contributed by atoms with Crippen molar-refractivity contribution < 1.29 is 9.21 Å². The topological polar surface area (TPSA) is 84.1 Å². The van der Waals surface area contributed by atoms with Gasteiger partial charge in [0.1, 0.15) is 5.15 Å². The lowest BCUT2D eigenvalue weighted by Crippen LogP contribution is -2.29. The van der Waals surface area contributed by atoms with Crippen molar-refractivity contribution in [1.29, 1.82) is 0 Å². The van der Waals surface area contributed by atoms with Crippen molar-refractivity contribution in [3.05, 3.63) is 86.9 Å². The van der Waals surface area contributed by atoms with Gasteiger partial charge in [0.15, 0.2) is 5.58 Å². The van der Waals surface area contributed by atoms with Crippen molar-refractivity contribution >= 4 is 28.6 Å². The number of carbonyl (C=O) groups is 1. The van der Waals surface area contributed by atoms with Gasteiger partial charge in [0, 0.05) is 25.6 Å². The Labute approximate surface area is 170 Å². The molecule has 0 fully saturated rings. The van der Waals surface area contributed by atoms with Crippen LogP contribution in [0.5, 0.6) is 0 Å². The van der Waals surface area contributed by atoms with Crippen molar-refractivity contribution in [2.75, 3.05) is 0 Å². The summed E-state index contributed by atoms with van der Waals surface area (Å²) in [5.74, 6) is -0.530. The number of halogens is 1. The molecular weight excluding hydrogens is 392 g/mol. The minimum absolute atomic E-state index is 0.0340. The number of oxazole rings is 1. The van der Waals surface area contributed by atoms with Gasteiger partial charge in [-0.15, -0.1) is 0 Å². The maximum atomic E-state index is 13.1. The molecule has 2 aromatic carbocycles. The van der Waals surface area contributed by atoms with Gasteiger partial charge in [-0.05, 0) is 29.3 Å². The summed E-state index contributed by atoms with van der Waals surface area (Å²) < 4.78 is 6.91. The number of benzene rings is 2. The Bertz CT molecular complexity index is 1300. The molecule has 146 valence electrons. The molecule has 1 N–H and O–H groups in total. The van der Waals surface area contributed by atoms with Crippen LogP contribution in [0.4, 0.5) is 0 Å². The Hall–Kier alpha value is -3.32. The van der Waals surface area contributed by atoms with E-state index < -0.39 is 5.76 Å². The van der Waals surface area contributed by atoms with E-state index in [0.29, 0.717) is 34.8 Å². The highest BCUT2D eigenvalue weighted by Crippen LogP contribution is 2.38. The predicted octanol–water partition coefficient (Wildman–Crippen LogP) is 3.45. The summed E-state index contributed by atoms with van der Waals surface area (Å²) in [5.41, 5.74) is 4.39. The molecule has 0 bridgehead atoms. The molecule has 1 unspecified atom stereocenters. The first-order valence-electron chi connectivity index (χ1n) is 9.18. The Balaban J connectivity index is 1.52. The second kappa shape index (κ2) is 6.63. The van der Waals surface area contributed by atoms with Crippen LogP contribution in [0.25, 0.3) is 11.1 Å². The number of imidazole rings is 1. The van der Waals surface area contributed by atoms with E-state index in [1.807, 2.05) is 42.3 Å². The van der Waals surface area contributed by atoms with Crippen LogP contribution >= 0.6 is 11.6 Å². The average molecular weight is 409 g/mol. The van der Waals surface area contributed by atoms with Crippen molar-refractivity contribution in [3.63, 3.8) is 0 Å². The number of fused-ring (bicyclic) bond motifs is 2. The molecule has 0 spiro atoms. The number of carbonyl (C=O) groups excluding carboxylic acids is 1. The van der Waals surface area contributed by atoms with Crippen LogP contribution in [0.1, 0.15) is 33.2 Å². The van der Waals surface area contributed by atoms with E-state index in [1.54, 1.807) is 23.0 Å². The van der Waals surface area contributed by atoms with E-state index in [2.05, 4.69) is 9.97 Å². The third-order valence-electron chi connectivity index (χ3n) is 5.35. The minimum atomic E-state index is -0.496. The molecule has 7 nitrogen and oxygen atoms in total. The Morgan fingerprint density at radius 3 is 2.83 bits per heavy atom. The summed E-state index contributed by atoms with van der Waals surface area (Å²) in [6.07, 6.45) is 2.19. The minimum Gasteiger partial charge on any atom is -0.408 e. The number of nitrogens with zero attached hydrogens (tertiary/aromatic N) is 3. The maximum absolute atomic E-state index is 13.1. The lowest BCUT2D eigenvalue weighted by molar-refractivity contribution is 0.0708. The molecule has 0 saturated heterocycles. The van der Waals surface area contributed by atoms with Crippen molar-refractivity contribution in [2.45, 2.75) is 19.0 Å². The van der Waals surface area contributed by atoms with Crippen LogP contribution in [-0.2, 0) is 20.0 Å². The summed E-state index contributed by atoms with van der Waals surface area (Å²) in [6.45, 7) is 0.382. The number of aryl methyl sites for hydroxylation is 1. The maximum Gasteiger partial charge on any atom is 0.417 e. The van der Waals surface area contributed by atoms with E-state index in [-0.39, 0.29) is 11.9 Å². The second-order valence-electron chi connectivity index (χ2n) is 7.18. The highest BCUT2D eigenvalue weighted by Gasteiger charge is 2.37. The fourth-order valence-corrected chi connectivity index (χ4v) is 4.09. The molecule has 1 aliphatic rings. The molecule has 0 radical (unpaired) electrons. The molecule has 8 heteroatoms. The first-order valence-corrected chi connectivity index (χ1v) is 9.56. The van der Waals surface area contributed by atoms with Crippen LogP contribution in [-0.4, -0.2) is 25.3 Å². The van der Waals surface area contributed by atoms with Gasteiger partial charge in [-0.2, -0.15) is 0 Å². The molecule has 2 aromatic heterocycles. The SMILES string of the molecule is Cn1cnc(CC2c3ccccc3C(=O)N2Cc2ccc3[nH]c(=O)oc3c2)c1Cl. The smallest absolute Gasteiger partial charge is 0.408 e. The lowest BCUT2D eigenvalue weighted by Gasteiger charge is -2.25. The third kappa shape index (κ3) is 2.94. The summed E-state index contributed by atoms with van der Waals surface area (Å²) in [6, 6.07) is 12.9. The van der Waals surface area contributed by atoms with Gasteiger partial charge in [0.05, 0.1) is 23.6 Å². The number of aromatic amines is 1. The van der Waals surface area contributed by atoms with E-state index in [1.165, 1.54) is 0 Å². The van der Waals surface area contributed by atoms with Gasteiger partial charge >= 0.3 is 5.76 Å². The second-order valence-corrected chi connectivity index (χ2v) is 7.54. The van der Waals surface area contributed by atoms with Crippen LogP contribution in [0.2, 0.25) is 5.15 Å². The lowest BCUT2D eigenvalue weighted by atomic mass is 10.0. The molecular formula is C21H17ClN4O3. The van der Waals surface area contributed by atoms with Gasteiger partial charge < -0.3 is 13.9 Å². The van der Waals surface area contributed by atoms with Gasteiger partial charge in [-0.3, -0.25) is 9.78 Å². The fraction of sp³-hybridized carbons (Fsp3) is 0.190. The summed E-state index contributed by atoms with van der Waals surface area (Å²) in [5, 5.41) is 0.567. The number of rotatable bonds is 4. The first kappa shape index (κ1) is 17.8. The van der Waals surface area contributed by atoms with Gasteiger partial charge in [0.2, 0.25) is 0 Å². The Kier molecular flexibility index (Phi) is 4.06. The molecule has 1 amide bonds. The van der Waals surface area contributed by atoms with Crippen molar-refractivity contribution in [2.24, 2.45) is 7.05 Å². The van der Waals surface area contributed by atoms with E-state index in [9.17, 15) is 9.59 Å². The Morgan fingerprint density at radius 1 is 1.21 bits per heavy atom. The molecule has 1 aliphatic heterocycles. The van der Waals surface area contributed by atoms with Crippen molar-refractivity contribution in [1.82, 2.24) is 19.4 Å². The van der Waals surface area contributed by atoms with E-state index in [4.69, 9.17) is 16.0 Å². The number of aromatic nitrogens is 3. The Morgan fingerprint density at radius 2 is 2.03 bits per heavy atom. The number of amides is 1. The molecule has 29 heavy (non-hydrogen) atoms. The zero-order chi connectivity index (χ0) is 20.1. The summed E-state index contributed by atoms with van der Waals surface area (Å²) in [7, 11) is 1.84. The molecule has 4 aromatic rings. The number of hydrogen-bond acceptors (Lipinski definition) is 4. The molecule has 0 aliphatic carbocycles. The van der Waals surface area contributed by atoms with Gasteiger partial charge in [-0.25, -0.2) is 9.78 Å². The summed E-state index contributed by atoms with van der Waals surface area (Å²) >= 11 is 6.38. The zero-order valence-corrected chi connectivity index (χ0v) is 16.3. The average Bonchev–Trinajstić information content (AvgIpc) is 3.32. The monoisotopic (exact) mass is 408 g/mol. The number of nitrogens with one attached hydrogen (secondary N) is 1. The van der Waals surface area contributed by atoms with E-state index >= 15 is 0 Å². The first-order chi connectivity index (χ1) is 14.0. The summed E-state index contributed by atoms with van der Waals surface area (Å²) in [4.78, 5) is 33.4. The molecule has 3 heterocycles. The number of H-pyrrole nitrogens is 1. The molecule has 5 rings (SSSR count). The molecule has 0 saturated carbocycles. The predicted molar refractivity (Wildman–Crippen MR) is 108 cm³/mol. The fourth-order valence-electron chi connectivity index (χ4n) is 3.92. The van der Waals surface area contributed by atoms with Gasteiger partial charge in [-0.1, -0.05) is 35.9 Å². The normalized spacial score (nSPS) is 16.0. The molecule has 1 atom stereocenters. The van der Waals surface area contributed by atoms with Crippen LogP contribution < -0.4 is 5.76 Å². The zero-order valence-electron chi connectivity index (χ0n) is 15.6. The van der Waals surface area contributed by atoms with Gasteiger partial charge in [0.25, 0.3) is 5.91 Å². The number of hydrogen-bond donors (Lipinski definition) is 1. The highest BCUT2D eigenvalue weighted by molar-refractivity contribution is 6.30. The van der Waals surface area contributed by atoms with Crippen LogP contribution in [0, 0.1) is 0 Å². The highest BCUT2D eigenvalue weighted by atomic mass is 35.5. The van der Waals surface area contributed by atoms with E-state index in [0.717, 1.165) is 16.8 Å². The largest absolute Gasteiger partial charge is 0.417 e. The standard InChI is InChI=1S/C21H17ClN4O3/c1-25-11-23-16(19(25)22)9-17-13-4-2-3-5-14(13)20(27)26(17)10-12-6-7-15-18(8-12)29-21(28)24-15/h2-8,11,17H,9-10H2,1H3,(H,24,28).